The second-order valence-corrected chi connectivity index (χ2v) is 5.35. The highest BCUT2D eigenvalue weighted by Gasteiger charge is 2.21. The Hall–Kier alpha value is -0.680. The van der Waals surface area contributed by atoms with E-state index in [9.17, 15) is 0 Å². The van der Waals surface area contributed by atoms with Gasteiger partial charge in [0.15, 0.2) is 5.65 Å². The van der Waals surface area contributed by atoms with E-state index in [4.69, 9.17) is 11.6 Å². The summed E-state index contributed by atoms with van der Waals surface area (Å²) in [4.78, 5) is 8.14. The van der Waals surface area contributed by atoms with E-state index in [0.29, 0.717) is 9.76 Å². The van der Waals surface area contributed by atoms with Crippen LogP contribution in [0.25, 0.3) is 11.0 Å². The molecule has 0 amide bonds. The summed E-state index contributed by atoms with van der Waals surface area (Å²) < 4.78 is 2.51. The number of hydrogen-bond donors (Lipinski definition) is 0. The van der Waals surface area contributed by atoms with Gasteiger partial charge in [-0.1, -0.05) is 11.6 Å². The Bertz CT molecular complexity index is 515. The van der Waals surface area contributed by atoms with Gasteiger partial charge in [0.1, 0.15) is 16.1 Å². The third-order valence-electron chi connectivity index (χ3n) is 2.01. The lowest BCUT2D eigenvalue weighted by Crippen LogP contribution is -2.23. The van der Waals surface area contributed by atoms with Crippen molar-refractivity contribution in [3.63, 3.8) is 0 Å². The van der Waals surface area contributed by atoms with Crippen molar-refractivity contribution in [2.24, 2.45) is 0 Å². The van der Waals surface area contributed by atoms with Crippen molar-refractivity contribution in [2.45, 2.75) is 26.3 Å². The van der Waals surface area contributed by atoms with Gasteiger partial charge in [0, 0.05) is 0 Å². The molecule has 0 unspecified atom stereocenters. The molecule has 0 atom stereocenters. The van der Waals surface area contributed by atoms with E-state index in [0.717, 1.165) is 11.0 Å². The zero-order valence-electron chi connectivity index (χ0n) is 8.62. The summed E-state index contributed by atoms with van der Waals surface area (Å²) in [7, 11) is 0. The second-order valence-electron chi connectivity index (χ2n) is 4.24. The van der Waals surface area contributed by atoms with Crippen molar-refractivity contribution in [2.75, 3.05) is 0 Å². The van der Waals surface area contributed by atoms with Crippen LogP contribution < -0.4 is 0 Å². The van der Waals surface area contributed by atoms with Gasteiger partial charge < -0.3 is 0 Å². The molecule has 4 nitrogen and oxygen atoms in total. The molecule has 0 saturated carbocycles. The molecule has 15 heavy (non-hydrogen) atoms. The molecule has 0 radical (unpaired) electrons. The van der Waals surface area contributed by atoms with E-state index in [2.05, 4.69) is 51.8 Å². The highest BCUT2D eigenvalue weighted by atomic mass is 79.9. The van der Waals surface area contributed by atoms with Crippen LogP contribution in [0.5, 0.6) is 0 Å². The fraction of sp³-hybridized carbons (Fsp3) is 0.444. The summed E-state index contributed by atoms with van der Waals surface area (Å²) >= 11 is 9.36. The van der Waals surface area contributed by atoms with Gasteiger partial charge in [-0.3, -0.25) is 0 Å². The molecule has 0 aromatic carbocycles. The first kappa shape index (κ1) is 10.8. The van der Waals surface area contributed by atoms with Crippen molar-refractivity contribution in [3.8, 4) is 0 Å². The van der Waals surface area contributed by atoms with Crippen LogP contribution in [-0.2, 0) is 5.54 Å². The molecule has 0 saturated heterocycles. The molecule has 0 N–H and O–H groups in total. The van der Waals surface area contributed by atoms with Crippen molar-refractivity contribution in [1.82, 2.24) is 19.7 Å². The van der Waals surface area contributed by atoms with Crippen LogP contribution in [0.4, 0.5) is 0 Å². The quantitative estimate of drug-likeness (QED) is 0.700. The summed E-state index contributed by atoms with van der Waals surface area (Å²) in [6, 6.07) is 0. The van der Waals surface area contributed by atoms with Gasteiger partial charge in [-0.25, -0.2) is 14.6 Å². The average molecular weight is 290 g/mol. The number of rotatable bonds is 0. The molecule has 2 aromatic heterocycles. The van der Waals surface area contributed by atoms with E-state index in [-0.39, 0.29) is 5.54 Å². The third kappa shape index (κ3) is 1.74. The minimum absolute atomic E-state index is 0.137. The van der Waals surface area contributed by atoms with Crippen LogP contribution in [0.3, 0.4) is 0 Å². The van der Waals surface area contributed by atoms with Crippen LogP contribution in [0, 0.1) is 0 Å². The first-order valence-corrected chi connectivity index (χ1v) is 5.63. The Balaban J connectivity index is 2.85. The fourth-order valence-corrected chi connectivity index (χ4v) is 2.20. The molecule has 2 heterocycles. The third-order valence-corrected chi connectivity index (χ3v) is 2.85. The molecule has 0 bridgehead atoms. The molecule has 0 aliphatic carbocycles. The van der Waals surface area contributed by atoms with Crippen molar-refractivity contribution >= 4 is 38.6 Å². The van der Waals surface area contributed by atoms with Gasteiger partial charge in [0.05, 0.1) is 10.9 Å². The topological polar surface area (TPSA) is 43.6 Å². The predicted molar refractivity (Wildman–Crippen MR) is 63.0 cm³/mol. The standard InChI is InChI=1S/C9H10BrClN4/c1-9(2,3)15-8-5(6(10)14-15)7(11)12-4-13-8/h4H,1-3H3. The average Bonchev–Trinajstić information content (AvgIpc) is 2.44. The number of halogens is 2. The smallest absolute Gasteiger partial charge is 0.164 e. The van der Waals surface area contributed by atoms with E-state index < -0.39 is 0 Å². The summed E-state index contributed by atoms with van der Waals surface area (Å²) in [6.07, 6.45) is 1.45. The number of aromatic nitrogens is 4. The Morgan fingerprint density at radius 1 is 1.33 bits per heavy atom. The molecule has 0 aliphatic heterocycles. The Kier molecular flexibility index (Phi) is 2.47. The van der Waals surface area contributed by atoms with Crippen molar-refractivity contribution in [3.05, 3.63) is 16.1 Å². The maximum absolute atomic E-state index is 5.99. The summed E-state index contributed by atoms with van der Waals surface area (Å²) in [5.41, 5.74) is 0.608. The second kappa shape index (κ2) is 3.42. The molecule has 0 aliphatic rings. The first-order valence-electron chi connectivity index (χ1n) is 4.46. The molecular formula is C9H10BrClN4. The SMILES string of the molecule is CC(C)(C)n1nc(Br)c2c(Cl)ncnc21. The Morgan fingerprint density at radius 2 is 2.00 bits per heavy atom. The normalized spacial score (nSPS) is 12.3. The molecule has 80 valence electrons. The van der Waals surface area contributed by atoms with Crippen LogP contribution in [0.2, 0.25) is 5.15 Å². The van der Waals surface area contributed by atoms with Crippen LogP contribution in [0.15, 0.2) is 10.9 Å². The van der Waals surface area contributed by atoms with Gasteiger partial charge >= 0.3 is 0 Å². The van der Waals surface area contributed by atoms with Crippen molar-refractivity contribution in [1.29, 1.82) is 0 Å². The number of nitrogens with zero attached hydrogens (tertiary/aromatic N) is 4. The minimum Gasteiger partial charge on any atom is -0.241 e. The lowest BCUT2D eigenvalue weighted by atomic mass is 10.1. The maximum Gasteiger partial charge on any atom is 0.164 e. The lowest BCUT2D eigenvalue weighted by Gasteiger charge is -2.19. The van der Waals surface area contributed by atoms with Gasteiger partial charge in [-0.05, 0) is 36.7 Å². The molecule has 2 rings (SSSR count). The molecule has 0 fully saturated rings. The van der Waals surface area contributed by atoms with Gasteiger partial charge in [-0.2, -0.15) is 5.10 Å². The monoisotopic (exact) mass is 288 g/mol. The van der Waals surface area contributed by atoms with Gasteiger partial charge in [0.2, 0.25) is 0 Å². The first-order chi connectivity index (χ1) is 6.91. The maximum atomic E-state index is 5.99. The highest BCUT2D eigenvalue weighted by Crippen LogP contribution is 2.30. The van der Waals surface area contributed by atoms with Crippen LogP contribution in [0.1, 0.15) is 20.8 Å². The summed E-state index contributed by atoms with van der Waals surface area (Å²) in [5, 5.41) is 5.55. The van der Waals surface area contributed by atoms with Gasteiger partial charge in [0.25, 0.3) is 0 Å². The summed E-state index contributed by atoms with van der Waals surface area (Å²) in [6.45, 7) is 6.17. The molecular weight excluding hydrogens is 279 g/mol. The summed E-state index contributed by atoms with van der Waals surface area (Å²) in [5.74, 6) is 0. The van der Waals surface area contributed by atoms with E-state index in [1.807, 2.05) is 4.68 Å². The lowest BCUT2D eigenvalue weighted by molar-refractivity contribution is 0.364. The molecule has 6 heteroatoms. The number of fused-ring (bicyclic) bond motifs is 1. The van der Waals surface area contributed by atoms with Crippen LogP contribution in [-0.4, -0.2) is 19.7 Å². The highest BCUT2D eigenvalue weighted by molar-refractivity contribution is 9.10. The number of hydrogen-bond acceptors (Lipinski definition) is 3. The van der Waals surface area contributed by atoms with E-state index in [1.165, 1.54) is 6.33 Å². The molecule has 2 aromatic rings. The fourth-order valence-electron chi connectivity index (χ4n) is 1.35. The van der Waals surface area contributed by atoms with Crippen molar-refractivity contribution < 1.29 is 0 Å². The van der Waals surface area contributed by atoms with Crippen LogP contribution >= 0.6 is 27.5 Å². The zero-order valence-corrected chi connectivity index (χ0v) is 11.0. The Morgan fingerprint density at radius 3 is 2.60 bits per heavy atom. The molecule has 0 spiro atoms. The van der Waals surface area contributed by atoms with E-state index >= 15 is 0 Å². The minimum atomic E-state index is -0.137. The predicted octanol–water partition coefficient (Wildman–Crippen LogP) is 3.00. The zero-order chi connectivity index (χ0) is 11.2. The largest absolute Gasteiger partial charge is 0.241 e. The van der Waals surface area contributed by atoms with Gasteiger partial charge in [-0.15, -0.1) is 0 Å². The Labute approximate surface area is 101 Å². The van der Waals surface area contributed by atoms with E-state index in [1.54, 1.807) is 0 Å².